The molecule has 2 rings (SSSR count). The molecule has 0 bridgehead atoms. The Morgan fingerprint density at radius 3 is 2.69 bits per heavy atom. The van der Waals surface area contributed by atoms with Crippen LogP contribution >= 0.6 is 35.3 Å². The summed E-state index contributed by atoms with van der Waals surface area (Å²) in [6.07, 6.45) is 4.17. The van der Waals surface area contributed by atoms with Crippen LogP contribution in [0.3, 0.4) is 0 Å². The molecule has 26 heavy (non-hydrogen) atoms. The molecule has 146 valence electrons. The molecule has 0 radical (unpaired) electrons. The van der Waals surface area contributed by atoms with Crippen molar-refractivity contribution in [3.8, 4) is 0 Å². The van der Waals surface area contributed by atoms with Crippen LogP contribution in [0, 0.1) is 6.92 Å². The Morgan fingerprint density at radius 2 is 2.08 bits per heavy atom. The summed E-state index contributed by atoms with van der Waals surface area (Å²) in [4.78, 5) is 8.72. The Labute approximate surface area is 177 Å². The number of rotatable bonds is 9. The van der Waals surface area contributed by atoms with Gasteiger partial charge in [0, 0.05) is 43.1 Å². The van der Waals surface area contributed by atoms with E-state index >= 15 is 0 Å². The van der Waals surface area contributed by atoms with Crippen LogP contribution in [0.1, 0.15) is 61.2 Å². The van der Waals surface area contributed by atoms with Gasteiger partial charge in [0.15, 0.2) is 11.7 Å². The van der Waals surface area contributed by atoms with Gasteiger partial charge in [0.2, 0.25) is 0 Å². The summed E-state index contributed by atoms with van der Waals surface area (Å²) in [5.74, 6) is 2.09. The summed E-state index contributed by atoms with van der Waals surface area (Å²) < 4.78 is 5.43. The summed E-state index contributed by atoms with van der Waals surface area (Å²) in [6, 6.07) is 2.04. The minimum absolute atomic E-state index is 0. The van der Waals surface area contributed by atoms with Crippen molar-refractivity contribution in [2.24, 2.45) is 4.99 Å². The molecule has 0 aliphatic carbocycles. The van der Waals surface area contributed by atoms with Gasteiger partial charge in [-0.2, -0.15) is 0 Å². The van der Waals surface area contributed by atoms with Crippen LogP contribution in [0.25, 0.3) is 0 Å². The van der Waals surface area contributed by atoms with E-state index in [-0.39, 0.29) is 24.0 Å². The molecule has 0 amide bonds. The maximum absolute atomic E-state index is 5.43. The molecular formula is C18H30IN5OS. The Hall–Kier alpha value is -1.16. The normalized spacial score (nSPS) is 11.5. The van der Waals surface area contributed by atoms with Gasteiger partial charge in [0.25, 0.3) is 0 Å². The zero-order valence-electron chi connectivity index (χ0n) is 16.0. The molecule has 0 aliphatic rings. The second-order valence-corrected chi connectivity index (χ2v) is 7.01. The van der Waals surface area contributed by atoms with Gasteiger partial charge in [0.05, 0.1) is 17.2 Å². The van der Waals surface area contributed by atoms with E-state index in [1.807, 2.05) is 13.0 Å². The summed E-state index contributed by atoms with van der Waals surface area (Å²) in [7, 11) is 1.77. The number of aliphatic imine (C=N–C) groups is 1. The van der Waals surface area contributed by atoms with Crippen molar-refractivity contribution in [2.75, 3.05) is 13.6 Å². The first-order valence-electron chi connectivity index (χ1n) is 8.97. The monoisotopic (exact) mass is 491 g/mol. The zero-order valence-corrected chi connectivity index (χ0v) is 19.2. The molecule has 0 saturated heterocycles. The van der Waals surface area contributed by atoms with E-state index in [2.05, 4.69) is 45.0 Å². The third-order valence-corrected chi connectivity index (χ3v) is 5.19. The number of hydrogen-bond acceptors (Lipinski definition) is 5. The van der Waals surface area contributed by atoms with Crippen molar-refractivity contribution in [2.45, 2.75) is 58.9 Å². The van der Waals surface area contributed by atoms with Gasteiger partial charge in [-0.15, -0.1) is 35.3 Å². The fourth-order valence-electron chi connectivity index (χ4n) is 2.67. The Bertz CT molecular complexity index is 666. The molecule has 2 heterocycles. The Morgan fingerprint density at radius 1 is 1.31 bits per heavy atom. The van der Waals surface area contributed by atoms with E-state index < -0.39 is 0 Å². The SMILES string of the molecule is CCC(CC)c1cc(CNC(=NC)NCCCc2nc(C)cs2)on1.I. The minimum Gasteiger partial charge on any atom is -0.359 e. The molecule has 0 spiro atoms. The molecule has 6 nitrogen and oxygen atoms in total. The Balaban J connectivity index is 0.00000338. The topological polar surface area (TPSA) is 75.3 Å². The molecule has 8 heteroatoms. The van der Waals surface area contributed by atoms with Crippen LogP contribution in [0.5, 0.6) is 0 Å². The van der Waals surface area contributed by atoms with E-state index in [9.17, 15) is 0 Å². The lowest BCUT2D eigenvalue weighted by Gasteiger charge is -2.10. The van der Waals surface area contributed by atoms with Crippen molar-refractivity contribution in [1.82, 2.24) is 20.8 Å². The number of aromatic nitrogens is 2. The van der Waals surface area contributed by atoms with E-state index in [4.69, 9.17) is 4.52 Å². The molecule has 0 fully saturated rings. The number of guanidine groups is 1. The van der Waals surface area contributed by atoms with Crippen molar-refractivity contribution in [1.29, 1.82) is 0 Å². The third-order valence-electron chi connectivity index (χ3n) is 4.16. The van der Waals surface area contributed by atoms with Gasteiger partial charge in [-0.25, -0.2) is 4.98 Å². The molecule has 0 unspecified atom stereocenters. The van der Waals surface area contributed by atoms with Crippen molar-refractivity contribution in [3.63, 3.8) is 0 Å². The summed E-state index contributed by atoms with van der Waals surface area (Å²) >= 11 is 1.73. The van der Waals surface area contributed by atoms with Crippen molar-refractivity contribution < 1.29 is 4.52 Å². The number of hydrogen-bond donors (Lipinski definition) is 2. The molecule has 2 N–H and O–H groups in total. The van der Waals surface area contributed by atoms with Gasteiger partial charge < -0.3 is 15.2 Å². The Kier molecular flexibility index (Phi) is 10.8. The average Bonchev–Trinajstić information content (AvgIpc) is 3.25. The van der Waals surface area contributed by atoms with E-state index in [0.29, 0.717) is 12.5 Å². The van der Waals surface area contributed by atoms with Crippen molar-refractivity contribution in [3.05, 3.63) is 33.6 Å². The van der Waals surface area contributed by atoms with Gasteiger partial charge in [-0.05, 0) is 26.2 Å². The van der Waals surface area contributed by atoms with Gasteiger partial charge >= 0.3 is 0 Å². The molecule has 0 aliphatic heterocycles. The first-order chi connectivity index (χ1) is 12.2. The highest BCUT2D eigenvalue weighted by atomic mass is 127. The van der Waals surface area contributed by atoms with Crippen LogP contribution in [-0.2, 0) is 13.0 Å². The van der Waals surface area contributed by atoms with Crippen LogP contribution in [0.15, 0.2) is 21.0 Å². The second-order valence-electron chi connectivity index (χ2n) is 6.07. The predicted molar refractivity (Wildman–Crippen MR) is 119 cm³/mol. The smallest absolute Gasteiger partial charge is 0.191 e. The van der Waals surface area contributed by atoms with E-state index in [0.717, 1.165) is 55.3 Å². The highest BCUT2D eigenvalue weighted by molar-refractivity contribution is 14.0. The maximum atomic E-state index is 5.43. The highest BCUT2D eigenvalue weighted by Gasteiger charge is 2.13. The van der Waals surface area contributed by atoms with Gasteiger partial charge in [0.1, 0.15) is 0 Å². The molecule has 2 aromatic heterocycles. The number of thiazole rings is 1. The molecule has 2 aromatic rings. The average molecular weight is 491 g/mol. The first kappa shape index (κ1) is 22.9. The number of nitrogens with one attached hydrogen (secondary N) is 2. The third kappa shape index (κ3) is 7.22. The quantitative estimate of drug-likeness (QED) is 0.237. The lowest BCUT2D eigenvalue weighted by molar-refractivity contribution is 0.368. The van der Waals surface area contributed by atoms with Crippen molar-refractivity contribution >= 4 is 41.3 Å². The predicted octanol–water partition coefficient (Wildman–Crippen LogP) is 4.26. The fourth-order valence-corrected chi connectivity index (χ4v) is 3.49. The van der Waals surface area contributed by atoms with Crippen LogP contribution in [-0.4, -0.2) is 29.7 Å². The maximum Gasteiger partial charge on any atom is 0.191 e. The van der Waals surface area contributed by atoms with E-state index in [1.165, 1.54) is 5.01 Å². The van der Waals surface area contributed by atoms with Gasteiger partial charge in [-0.1, -0.05) is 19.0 Å². The minimum atomic E-state index is 0. The summed E-state index contributed by atoms with van der Waals surface area (Å²) in [5.41, 5.74) is 2.15. The second kappa shape index (κ2) is 12.3. The standard InChI is InChI=1S/C18H29N5OS.HI/c1-5-14(6-2)16-10-15(24-23-16)11-21-18(19-4)20-9-7-8-17-22-13(3)12-25-17;/h10,12,14H,5-9,11H2,1-4H3,(H2,19,20,21);1H. The number of aryl methyl sites for hydroxylation is 2. The van der Waals surface area contributed by atoms with Crippen LogP contribution < -0.4 is 10.6 Å². The molecular weight excluding hydrogens is 461 g/mol. The number of nitrogens with zero attached hydrogens (tertiary/aromatic N) is 3. The highest BCUT2D eigenvalue weighted by Crippen LogP contribution is 2.22. The molecule has 0 atom stereocenters. The molecule has 0 aromatic carbocycles. The van der Waals surface area contributed by atoms with Gasteiger partial charge in [-0.3, -0.25) is 4.99 Å². The first-order valence-corrected chi connectivity index (χ1v) is 9.85. The van der Waals surface area contributed by atoms with Crippen LogP contribution in [0.4, 0.5) is 0 Å². The lowest BCUT2D eigenvalue weighted by Crippen LogP contribution is -2.37. The zero-order chi connectivity index (χ0) is 18.1. The summed E-state index contributed by atoms with van der Waals surface area (Å²) in [6.45, 7) is 7.83. The number of halogens is 1. The lowest BCUT2D eigenvalue weighted by atomic mass is 9.99. The summed E-state index contributed by atoms with van der Waals surface area (Å²) in [5, 5.41) is 14.1. The molecule has 0 saturated carbocycles. The van der Waals surface area contributed by atoms with E-state index in [1.54, 1.807) is 18.4 Å². The van der Waals surface area contributed by atoms with Crippen LogP contribution in [0.2, 0.25) is 0 Å². The fraction of sp³-hybridized carbons (Fsp3) is 0.611. The largest absolute Gasteiger partial charge is 0.359 e.